The lowest BCUT2D eigenvalue weighted by Gasteiger charge is -2.09. The van der Waals surface area contributed by atoms with Crippen LogP contribution in [-0.2, 0) is 12.8 Å². The predicted octanol–water partition coefficient (Wildman–Crippen LogP) is 8.27. The van der Waals surface area contributed by atoms with Crippen molar-refractivity contribution in [2.75, 3.05) is 0 Å². The maximum atomic E-state index is 10.6. The molecule has 0 heterocycles. The second-order valence-corrected chi connectivity index (χ2v) is 9.37. The highest BCUT2D eigenvalue weighted by molar-refractivity contribution is 6.04. The fraction of sp³-hybridized carbons (Fsp3) is 0.250. The first-order valence-corrected chi connectivity index (χ1v) is 12.7. The maximum Gasteiger partial charge on any atom is 0.127 e. The van der Waals surface area contributed by atoms with E-state index in [1.165, 1.54) is 11.1 Å². The summed E-state index contributed by atoms with van der Waals surface area (Å²) in [5.41, 5.74) is 7.07. The zero-order chi connectivity index (χ0) is 25.7. The smallest absolute Gasteiger partial charge is 0.127 e. The lowest BCUT2D eigenvalue weighted by atomic mass is 10.0. The molecule has 0 unspecified atom stereocenters. The molecule has 0 aliphatic heterocycles. The van der Waals surface area contributed by atoms with Crippen molar-refractivity contribution in [2.24, 2.45) is 9.98 Å². The molecule has 4 aromatic carbocycles. The Hall–Kier alpha value is -3.92. The van der Waals surface area contributed by atoms with Crippen LogP contribution in [0.4, 0.5) is 11.4 Å². The zero-order valence-corrected chi connectivity index (χ0v) is 21.5. The van der Waals surface area contributed by atoms with Crippen molar-refractivity contribution in [2.45, 2.75) is 53.4 Å². The van der Waals surface area contributed by atoms with E-state index < -0.39 is 0 Å². The Morgan fingerprint density at radius 2 is 1.11 bits per heavy atom. The van der Waals surface area contributed by atoms with Crippen molar-refractivity contribution < 1.29 is 10.2 Å². The van der Waals surface area contributed by atoms with Gasteiger partial charge in [-0.3, -0.25) is 9.98 Å². The van der Waals surface area contributed by atoms with Crippen molar-refractivity contribution in [3.05, 3.63) is 94.0 Å². The van der Waals surface area contributed by atoms with Crippen LogP contribution in [0.25, 0.3) is 10.8 Å². The van der Waals surface area contributed by atoms with Gasteiger partial charge in [-0.2, -0.15) is 0 Å². The maximum absolute atomic E-state index is 10.6. The summed E-state index contributed by atoms with van der Waals surface area (Å²) in [6.07, 6.45) is 7.48. The first kappa shape index (κ1) is 25.2. The number of fused-ring (bicyclic) bond motifs is 1. The van der Waals surface area contributed by atoms with Gasteiger partial charge >= 0.3 is 0 Å². The highest BCUT2D eigenvalue weighted by atomic mass is 16.3. The summed E-state index contributed by atoms with van der Waals surface area (Å²) in [5.74, 6) is 0.518. The summed E-state index contributed by atoms with van der Waals surface area (Å²) in [7, 11) is 0. The van der Waals surface area contributed by atoms with Crippen LogP contribution in [0.5, 0.6) is 11.5 Å². The van der Waals surface area contributed by atoms with E-state index in [1.54, 1.807) is 12.4 Å². The molecule has 0 bridgehead atoms. The van der Waals surface area contributed by atoms with E-state index in [0.29, 0.717) is 11.1 Å². The number of phenols is 2. The number of aliphatic imine (C=N–C) groups is 2. The van der Waals surface area contributed by atoms with Gasteiger partial charge in [0.25, 0.3) is 0 Å². The minimum atomic E-state index is 0.259. The Balaban J connectivity index is 1.76. The first-order chi connectivity index (χ1) is 17.4. The van der Waals surface area contributed by atoms with Gasteiger partial charge in [0, 0.05) is 28.9 Å². The number of nitrogens with zero attached hydrogens (tertiary/aromatic N) is 2. The SMILES string of the molecule is CCCc1cc(C)c(O)c(C=Nc2cccc3cccc(N=Cc4cc(CCC)cc(C)c4O)c23)c1. The second-order valence-electron chi connectivity index (χ2n) is 9.37. The lowest BCUT2D eigenvalue weighted by molar-refractivity contribution is 0.469. The molecule has 36 heavy (non-hydrogen) atoms. The lowest BCUT2D eigenvalue weighted by Crippen LogP contribution is -1.92. The van der Waals surface area contributed by atoms with Gasteiger partial charge in [0.1, 0.15) is 11.5 Å². The van der Waals surface area contributed by atoms with Crippen molar-refractivity contribution >= 4 is 34.6 Å². The summed E-state index contributed by atoms with van der Waals surface area (Å²) in [6.45, 7) is 8.14. The number of phenolic OH excluding ortho intramolecular Hbond substituents is 2. The van der Waals surface area contributed by atoms with Crippen LogP contribution in [0.15, 0.2) is 70.6 Å². The average molecular weight is 479 g/mol. The number of aryl methyl sites for hydroxylation is 4. The number of benzene rings is 4. The summed E-state index contributed by atoms with van der Waals surface area (Å²) < 4.78 is 0. The van der Waals surface area contributed by atoms with E-state index >= 15 is 0 Å². The molecular formula is C32H34N2O2. The van der Waals surface area contributed by atoms with Gasteiger partial charge in [0.05, 0.1) is 11.4 Å². The van der Waals surface area contributed by atoms with E-state index in [2.05, 4.69) is 13.8 Å². The molecule has 4 nitrogen and oxygen atoms in total. The molecule has 0 aliphatic rings. The van der Waals surface area contributed by atoms with Gasteiger partial charge in [-0.15, -0.1) is 0 Å². The van der Waals surface area contributed by atoms with Crippen LogP contribution in [0.3, 0.4) is 0 Å². The van der Waals surface area contributed by atoms with Crippen LogP contribution < -0.4 is 0 Å². The molecule has 0 spiro atoms. The van der Waals surface area contributed by atoms with Gasteiger partial charge in [-0.05, 0) is 78.6 Å². The van der Waals surface area contributed by atoms with Crippen LogP contribution >= 0.6 is 0 Å². The predicted molar refractivity (Wildman–Crippen MR) is 152 cm³/mol. The van der Waals surface area contributed by atoms with Gasteiger partial charge in [0.2, 0.25) is 0 Å². The van der Waals surface area contributed by atoms with Crippen LogP contribution in [-0.4, -0.2) is 22.6 Å². The van der Waals surface area contributed by atoms with Crippen molar-refractivity contribution in [1.82, 2.24) is 0 Å². The van der Waals surface area contributed by atoms with E-state index in [0.717, 1.165) is 59.0 Å². The topological polar surface area (TPSA) is 65.2 Å². The minimum Gasteiger partial charge on any atom is -0.507 e. The molecule has 0 aromatic heterocycles. The summed E-state index contributed by atoms with van der Waals surface area (Å²) in [6, 6.07) is 20.0. The quantitative estimate of drug-likeness (QED) is 0.250. The van der Waals surface area contributed by atoms with Gasteiger partial charge in [0.15, 0.2) is 0 Å². The van der Waals surface area contributed by atoms with E-state index in [9.17, 15) is 10.2 Å². The number of hydrogen-bond acceptors (Lipinski definition) is 4. The highest BCUT2D eigenvalue weighted by Gasteiger charge is 2.09. The molecule has 4 rings (SSSR count). The molecule has 4 heteroatoms. The number of rotatable bonds is 8. The minimum absolute atomic E-state index is 0.259. The van der Waals surface area contributed by atoms with E-state index in [4.69, 9.17) is 9.98 Å². The van der Waals surface area contributed by atoms with Crippen molar-refractivity contribution in [3.63, 3.8) is 0 Å². The molecular weight excluding hydrogens is 444 g/mol. The fourth-order valence-electron chi connectivity index (χ4n) is 4.63. The zero-order valence-electron chi connectivity index (χ0n) is 21.5. The molecule has 0 saturated carbocycles. The summed E-state index contributed by atoms with van der Waals surface area (Å²) in [5, 5.41) is 23.2. The van der Waals surface area contributed by atoms with Gasteiger partial charge in [-0.25, -0.2) is 0 Å². The third-order valence-electron chi connectivity index (χ3n) is 6.40. The molecule has 184 valence electrons. The van der Waals surface area contributed by atoms with Crippen molar-refractivity contribution in [3.8, 4) is 11.5 Å². The molecule has 0 amide bonds. The standard InChI is InChI=1S/C32H34N2O2/c1-5-9-23-15-21(3)31(35)26(17-23)19-33-28-13-7-11-25-12-8-14-29(30(25)28)34-20-27-18-24(10-6-2)16-22(4)32(27)36/h7-8,11-20,35-36H,5-6,9-10H2,1-4H3. The Labute approximate surface area is 213 Å². The van der Waals surface area contributed by atoms with Crippen LogP contribution in [0.2, 0.25) is 0 Å². The molecule has 2 N–H and O–H groups in total. The number of aromatic hydroxyl groups is 2. The Morgan fingerprint density at radius 3 is 1.53 bits per heavy atom. The summed E-state index contributed by atoms with van der Waals surface area (Å²) in [4.78, 5) is 9.57. The van der Waals surface area contributed by atoms with E-state index in [-0.39, 0.29) is 11.5 Å². The van der Waals surface area contributed by atoms with Crippen LogP contribution in [0.1, 0.15) is 60.1 Å². The molecule has 0 aliphatic carbocycles. The second kappa shape index (κ2) is 11.2. The van der Waals surface area contributed by atoms with E-state index in [1.807, 2.05) is 74.5 Å². The average Bonchev–Trinajstić information content (AvgIpc) is 2.86. The summed E-state index contributed by atoms with van der Waals surface area (Å²) >= 11 is 0. The van der Waals surface area contributed by atoms with Gasteiger partial charge < -0.3 is 10.2 Å². The third kappa shape index (κ3) is 5.49. The molecule has 0 radical (unpaired) electrons. The fourth-order valence-corrected chi connectivity index (χ4v) is 4.63. The Bertz CT molecular complexity index is 1340. The van der Waals surface area contributed by atoms with Gasteiger partial charge in [-0.1, -0.05) is 63.1 Å². The normalized spacial score (nSPS) is 11.8. The molecule has 0 fully saturated rings. The molecule has 0 atom stereocenters. The Kier molecular flexibility index (Phi) is 7.84. The van der Waals surface area contributed by atoms with Crippen LogP contribution in [0, 0.1) is 13.8 Å². The largest absolute Gasteiger partial charge is 0.507 e. The monoisotopic (exact) mass is 478 g/mol. The highest BCUT2D eigenvalue weighted by Crippen LogP contribution is 2.35. The van der Waals surface area contributed by atoms with Crippen molar-refractivity contribution in [1.29, 1.82) is 0 Å². The third-order valence-corrected chi connectivity index (χ3v) is 6.40. The number of hydrogen-bond donors (Lipinski definition) is 2. The first-order valence-electron chi connectivity index (χ1n) is 12.7. The molecule has 0 saturated heterocycles. The Morgan fingerprint density at radius 1 is 0.667 bits per heavy atom. The molecule has 4 aromatic rings.